The number of carbonyl (C=O) groups excluding carboxylic acids is 2. The molecule has 55 heavy (non-hydrogen) atoms. The van der Waals surface area contributed by atoms with E-state index in [4.69, 9.17) is 35.7 Å². The predicted octanol–water partition coefficient (Wildman–Crippen LogP) is 4.25. The van der Waals surface area contributed by atoms with Gasteiger partial charge in [0.05, 0.1) is 50.2 Å². The predicted molar refractivity (Wildman–Crippen MR) is 193 cm³/mol. The van der Waals surface area contributed by atoms with E-state index in [2.05, 4.69) is 68.5 Å². The number of carboxylic acids is 2. The minimum Gasteiger partial charge on any atom is -0.545 e. The maximum absolute atomic E-state index is 10.2. The molecule has 0 aliphatic carbocycles. The average Bonchev–Trinajstić information content (AvgIpc) is 3.15. The van der Waals surface area contributed by atoms with Crippen molar-refractivity contribution in [1.29, 1.82) is 0 Å². The summed E-state index contributed by atoms with van der Waals surface area (Å²) in [7, 11) is 0. The molecule has 277 valence electrons. The van der Waals surface area contributed by atoms with Crippen molar-refractivity contribution in [2.75, 3.05) is 0 Å². The van der Waals surface area contributed by atoms with Crippen molar-refractivity contribution in [2.24, 2.45) is 0 Å². The molecule has 0 aliphatic rings. The summed E-state index contributed by atoms with van der Waals surface area (Å²) in [6, 6.07) is 31.6. The first-order chi connectivity index (χ1) is 25.9. The zero-order valence-electron chi connectivity index (χ0n) is 27.9. The first-order valence-electron chi connectivity index (χ1n) is 15.3. The number of fused-ring (bicyclic) bond motifs is 6. The van der Waals surface area contributed by atoms with Gasteiger partial charge in [0.15, 0.2) is 0 Å². The average molecular weight is 886 g/mol. The fourth-order valence-electron chi connectivity index (χ4n) is 4.83. The third kappa shape index (κ3) is 11.6. The molecule has 1 radical (unpaired) electrons. The summed E-state index contributed by atoms with van der Waals surface area (Å²) in [6.07, 6.45) is 7.21. The number of nitrogens with zero attached hydrogens (tertiary/aromatic N) is 5. The molecule has 0 fully saturated rings. The van der Waals surface area contributed by atoms with E-state index in [0.29, 0.717) is 0 Å². The normalized spacial score (nSPS) is 9.75. The van der Waals surface area contributed by atoms with Crippen LogP contribution in [0.4, 0.5) is 0 Å². The quantitative estimate of drug-likeness (QED) is 0.107. The largest absolute Gasteiger partial charge is 3.00 e. The Labute approximate surface area is 342 Å². The summed E-state index contributed by atoms with van der Waals surface area (Å²) in [5, 5.41) is 75.2. The molecule has 8 aromatic rings. The topological polar surface area (TPSA) is 279 Å². The van der Waals surface area contributed by atoms with Gasteiger partial charge in [-0.05, 0) is 48.5 Å². The summed E-state index contributed by atoms with van der Waals surface area (Å²) >= 11 is 0. The van der Waals surface area contributed by atoms with Crippen LogP contribution in [-0.2, 0) is 0 Å². The van der Waals surface area contributed by atoms with Crippen LogP contribution < -0.4 is 10.2 Å². The number of phenols is 4. The Balaban J connectivity index is 0.000000191. The van der Waals surface area contributed by atoms with Gasteiger partial charge >= 0.3 is 39.9 Å². The van der Waals surface area contributed by atoms with E-state index in [1.165, 1.54) is 12.1 Å². The third-order valence-corrected chi connectivity index (χ3v) is 7.14. The maximum atomic E-state index is 10.2. The molecule has 0 atom stereocenters. The zero-order chi connectivity index (χ0) is 39.2. The Morgan fingerprint density at radius 1 is 0.436 bits per heavy atom. The molecule has 4 N–H and O–H groups in total. The SMILES string of the molecule is O=C([O-])c1c(O)cccc1O.O=C([O-])c1c(O)cccc1O.O=[N+]([O-])[O-].[Gd+3].c1cnc2c(c1)ccc1cccnc12.c1cnc2c(c1)ccc1cccnc12. The molecule has 4 aromatic carbocycles. The van der Waals surface area contributed by atoms with Crippen molar-refractivity contribution in [3.05, 3.63) is 160 Å². The molecule has 0 spiro atoms. The van der Waals surface area contributed by atoms with Gasteiger partial charge in [0, 0.05) is 46.3 Å². The molecule has 17 heteroatoms. The van der Waals surface area contributed by atoms with Crippen LogP contribution in [0.2, 0.25) is 0 Å². The number of pyridine rings is 4. The molecule has 4 aromatic heterocycles. The fourth-order valence-corrected chi connectivity index (χ4v) is 4.83. The van der Waals surface area contributed by atoms with Crippen LogP contribution in [0, 0.1) is 55.3 Å². The van der Waals surface area contributed by atoms with E-state index >= 15 is 0 Å². The molecule has 0 saturated heterocycles. The van der Waals surface area contributed by atoms with Gasteiger partial charge < -0.3 is 55.5 Å². The molecule has 16 nitrogen and oxygen atoms in total. The second kappa shape index (κ2) is 20.4. The summed E-state index contributed by atoms with van der Waals surface area (Å²) in [5.74, 6) is -5.17. The third-order valence-electron chi connectivity index (χ3n) is 7.14. The van der Waals surface area contributed by atoms with Crippen molar-refractivity contribution in [3.8, 4) is 23.0 Å². The Hall–Kier alpha value is -6.82. The zero-order valence-corrected chi connectivity index (χ0v) is 30.2. The second-order valence-electron chi connectivity index (χ2n) is 10.6. The van der Waals surface area contributed by atoms with E-state index in [-0.39, 0.29) is 39.9 Å². The molecular weight excluding hydrogens is 860 g/mol. The van der Waals surface area contributed by atoms with Crippen LogP contribution in [0.5, 0.6) is 23.0 Å². The smallest absolute Gasteiger partial charge is 0.545 e. The second-order valence-corrected chi connectivity index (χ2v) is 10.6. The Bertz CT molecular complexity index is 2270. The van der Waals surface area contributed by atoms with Gasteiger partial charge in [-0.3, -0.25) is 19.9 Å². The molecule has 8 rings (SSSR count). The van der Waals surface area contributed by atoms with Gasteiger partial charge in [-0.25, -0.2) is 0 Å². The minimum atomic E-state index is -1.75. The van der Waals surface area contributed by atoms with Gasteiger partial charge in [-0.2, -0.15) is 0 Å². The molecule has 0 bridgehead atoms. The van der Waals surface area contributed by atoms with E-state index in [1.54, 1.807) is 24.8 Å². The Morgan fingerprint density at radius 3 is 0.836 bits per heavy atom. The van der Waals surface area contributed by atoms with Crippen molar-refractivity contribution in [1.82, 2.24) is 19.9 Å². The van der Waals surface area contributed by atoms with Crippen molar-refractivity contribution in [2.45, 2.75) is 0 Å². The monoisotopic (exact) mass is 886 g/mol. The first kappa shape index (κ1) is 42.6. The number of carboxylic acid groups (broad SMARTS) is 2. The van der Waals surface area contributed by atoms with Crippen molar-refractivity contribution in [3.63, 3.8) is 0 Å². The van der Waals surface area contributed by atoms with E-state index in [1.807, 2.05) is 24.3 Å². The summed E-state index contributed by atoms with van der Waals surface area (Å²) in [5.41, 5.74) is 2.76. The van der Waals surface area contributed by atoms with Crippen LogP contribution in [0.25, 0.3) is 43.6 Å². The van der Waals surface area contributed by atoms with Gasteiger partial charge in [0.1, 0.15) is 23.0 Å². The molecule has 0 unspecified atom stereocenters. The number of hydrogen-bond acceptors (Lipinski definition) is 15. The number of hydrogen-bond donors (Lipinski definition) is 4. The van der Waals surface area contributed by atoms with Crippen LogP contribution in [0.3, 0.4) is 0 Å². The van der Waals surface area contributed by atoms with Crippen molar-refractivity contribution < 1.29 is 85.3 Å². The van der Waals surface area contributed by atoms with Crippen LogP contribution in [0.1, 0.15) is 20.7 Å². The summed E-state index contributed by atoms with van der Waals surface area (Å²) in [4.78, 5) is 46.1. The maximum Gasteiger partial charge on any atom is 3.00 e. The first-order valence-corrected chi connectivity index (χ1v) is 15.3. The van der Waals surface area contributed by atoms with Crippen LogP contribution in [0.15, 0.2) is 134 Å². The molecule has 0 aliphatic heterocycles. The van der Waals surface area contributed by atoms with Gasteiger partial charge in [-0.1, -0.05) is 60.7 Å². The molecular formula is C38H26GdN5O11. The van der Waals surface area contributed by atoms with Crippen molar-refractivity contribution >= 4 is 55.6 Å². The van der Waals surface area contributed by atoms with Gasteiger partial charge in [0.2, 0.25) is 0 Å². The van der Waals surface area contributed by atoms with E-state index < -0.39 is 51.2 Å². The number of aromatic hydroxyl groups is 4. The number of carbonyl (C=O) groups is 2. The standard InChI is InChI=1S/2C12H8N2.2C7H6O4.Gd.NO3/c2*1-3-9-5-6-10-4-2-8-14-12(10)11(9)13-7-1;2*8-4-2-1-3-5(9)6(4)7(10)11;;2-1(3)4/h2*1-8H;2*1-3,8-9H,(H,10,11);;/q;;;;+3;-1/p-2. The number of benzene rings is 4. The Kier molecular flexibility index (Phi) is 15.8. The molecule has 0 saturated carbocycles. The Morgan fingerprint density at radius 2 is 0.655 bits per heavy atom. The van der Waals surface area contributed by atoms with E-state index in [9.17, 15) is 19.8 Å². The molecule has 0 amide bonds. The fraction of sp³-hybridized carbons (Fsp3) is 0. The van der Waals surface area contributed by atoms with Crippen LogP contribution in [-0.4, -0.2) is 57.4 Å². The summed E-state index contributed by atoms with van der Waals surface area (Å²) in [6.45, 7) is 0. The van der Waals surface area contributed by atoms with Gasteiger partial charge in [-0.15, -0.1) is 0 Å². The van der Waals surface area contributed by atoms with Gasteiger partial charge in [0.25, 0.3) is 0 Å². The number of aromatic carboxylic acids is 2. The number of aromatic nitrogens is 4. The minimum absolute atomic E-state index is 0. The summed E-state index contributed by atoms with van der Waals surface area (Å²) < 4.78 is 0. The molecule has 4 heterocycles. The van der Waals surface area contributed by atoms with E-state index in [0.717, 1.165) is 67.9 Å². The number of rotatable bonds is 2. The van der Waals surface area contributed by atoms with Crippen LogP contribution >= 0.6 is 0 Å².